The van der Waals surface area contributed by atoms with E-state index in [1.165, 1.54) is 5.56 Å². The number of benzene rings is 2. The van der Waals surface area contributed by atoms with Crippen molar-refractivity contribution < 1.29 is 14.3 Å². The monoisotopic (exact) mass is 374 g/mol. The first kappa shape index (κ1) is 19.9. The van der Waals surface area contributed by atoms with Gasteiger partial charge in [-0.3, -0.25) is 0 Å². The van der Waals surface area contributed by atoms with Gasteiger partial charge in [0.15, 0.2) is 0 Å². The van der Waals surface area contributed by atoms with Crippen LogP contribution in [0.4, 0.5) is 0 Å². The molecule has 0 atom stereocenters. The lowest BCUT2D eigenvalue weighted by molar-refractivity contribution is 0.0530. The van der Waals surface area contributed by atoms with Crippen molar-refractivity contribution >= 4 is 29.5 Å². The van der Waals surface area contributed by atoms with E-state index in [1.54, 1.807) is 30.0 Å². The van der Waals surface area contributed by atoms with Gasteiger partial charge in [-0.25, -0.2) is 4.79 Å². The summed E-state index contributed by atoms with van der Waals surface area (Å²) < 4.78 is 10.8. The van der Waals surface area contributed by atoms with E-state index in [-0.39, 0.29) is 5.97 Å². The Bertz CT molecular complexity index is 590. The molecule has 5 heteroatoms. The molecule has 2 aromatic rings. The molecule has 0 fully saturated rings. The van der Waals surface area contributed by atoms with Crippen LogP contribution < -0.4 is 0 Å². The highest BCUT2D eigenvalue weighted by atomic mass is 32.2. The largest absolute Gasteiger partial charge is 0.461 e. The molecule has 0 N–H and O–H groups in total. The van der Waals surface area contributed by atoms with E-state index in [4.69, 9.17) is 9.47 Å². The summed E-state index contributed by atoms with van der Waals surface area (Å²) >= 11 is 3.58. The van der Waals surface area contributed by atoms with Crippen LogP contribution in [0, 0.1) is 12.1 Å². The summed E-state index contributed by atoms with van der Waals surface area (Å²) in [5.74, 6) is 3.33. The minimum absolute atomic E-state index is 0.315. The summed E-state index contributed by atoms with van der Waals surface area (Å²) in [6, 6.07) is 21.2. The first-order chi connectivity index (χ1) is 12.4. The maximum absolute atomic E-state index is 11.7. The number of esters is 1. The third kappa shape index (κ3) is 9.00. The van der Waals surface area contributed by atoms with E-state index >= 15 is 0 Å². The van der Waals surface area contributed by atoms with Crippen molar-refractivity contribution in [2.24, 2.45) is 0 Å². The van der Waals surface area contributed by atoms with Crippen molar-refractivity contribution in [1.82, 2.24) is 0 Å². The molecule has 0 spiro atoms. The molecule has 0 aliphatic heterocycles. The highest BCUT2D eigenvalue weighted by Gasteiger charge is 2.05. The molecule has 132 valence electrons. The van der Waals surface area contributed by atoms with Gasteiger partial charge in [-0.05, 0) is 23.8 Å². The Labute approximate surface area is 158 Å². The van der Waals surface area contributed by atoms with Crippen molar-refractivity contribution in [3.05, 3.63) is 71.8 Å². The van der Waals surface area contributed by atoms with Gasteiger partial charge in [0.2, 0.25) is 0 Å². The van der Waals surface area contributed by atoms with Crippen LogP contribution in [0.25, 0.3) is 0 Å². The van der Waals surface area contributed by atoms with Crippen LogP contribution in [0.3, 0.4) is 0 Å². The molecule has 3 nitrogen and oxygen atoms in total. The van der Waals surface area contributed by atoms with Crippen molar-refractivity contribution in [1.29, 1.82) is 0 Å². The number of carbonyl (C=O) groups is 1. The summed E-state index contributed by atoms with van der Waals surface area (Å²) in [5, 5.41) is 0. The summed E-state index contributed by atoms with van der Waals surface area (Å²) in [6.45, 7) is 1.90. The number of hydrogen-bond acceptors (Lipinski definition) is 5. The molecule has 25 heavy (non-hydrogen) atoms. The standard InChI is InChI=1S/C20H22O3S2/c21-20(19-9-5-2-6-10-19)23-13-16-24-14-11-22-12-15-25-17-18-7-3-1-4-8-18/h1-7,9H,11-17H2. The molecule has 0 heterocycles. The zero-order valence-corrected chi connectivity index (χ0v) is 15.7. The molecule has 0 saturated heterocycles. The van der Waals surface area contributed by atoms with E-state index in [1.807, 2.05) is 36.0 Å². The molecule has 0 saturated carbocycles. The van der Waals surface area contributed by atoms with E-state index in [9.17, 15) is 4.79 Å². The first-order valence-corrected chi connectivity index (χ1v) is 10.5. The van der Waals surface area contributed by atoms with E-state index in [0.29, 0.717) is 12.2 Å². The van der Waals surface area contributed by atoms with Crippen molar-refractivity contribution in [2.45, 2.75) is 5.75 Å². The summed E-state index contributed by atoms with van der Waals surface area (Å²) in [4.78, 5) is 11.7. The molecule has 0 bridgehead atoms. The number of thioether (sulfide) groups is 2. The fourth-order valence-corrected chi connectivity index (χ4v) is 3.35. The molecule has 0 aliphatic rings. The minimum atomic E-state index is -0.315. The molecular formula is C20H22O3S2. The molecule has 2 rings (SSSR count). The van der Waals surface area contributed by atoms with Crippen molar-refractivity contribution in [2.75, 3.05) is 37.1 Å². The van der Waals surface area contributed by atoms with Crippen LogP contribution in [0.15, 0.2) is 48.5 Å². The van der Waals surface area contributed by atoms with Gasteiger partial charge < -0.3 is 9.47 Å². The fourth-order valence-electron chi connectivity index (χ4n) is 1.93. The lowest BCUT2D eigenvalue weighted by Gasteiger charge is -2.06. The normalized spacial score (nSPS) is 10.6. The van der Waals surface area contributed by atoms with Crippen LogP contribution in [0.1, 0.15) is 15.9 Å². The quantitative estimate of drug-likeness (QED) is 0.412. The van der Waals surface area contributed by atoms with Gasteiger partial charge in [-0.1, -0.05) is 42.5 Å². The lowest BCUT2D eigenvalue weighted by Crippen LogP contribution is -2.09. The Morgan fingerprint density at radius 2 is 1.60 bits per heavy atom. The summed E-state index contributed by atoms with van der Waals surface area (Å²) in [5.41, 5.74) is 1.70. The predicted molar refractivity (Wildman–Crippen MR) is 105 cm³/mol. The van der Waals surface area contributed by atoms with Crippen LogP contribution in [0.5, 0.6) is 0 Å². The fraction of sp³-hybridized carbons (Fsp3) is 0.350. The van der Waals surface area contributed by atoms with E-state index in [2.05, 4.69) is 18.2 Å². The van der Waals surface area contributed by atoms with Crippen LogP contribution in [-0.4, -0.2) is 43.0 Å². The third-order valence-corrected chi connectivity index (χ3v) is 5.05. The molecule has 0 amide bonds. The first-order valence-electron chi connectivity index (χ1n) is 8.19. The Hall–Kier alpha value is -1.43. The maximum Gasteiger partial charge on any atom is 0.338 e. The Morgan fingerprint density at radius 3 is 2.32 bits per heavy atom. The number of hydrogen-bond donors (Lipinski definition) is 0. The second kappa shape index (κ2) is 12.9. The summed E-state index contributed by atoms with van der Waals surface area (Å²) in [7, 11) is 0. The van der Waals surface area contributed by atoms with Gasteiger partial charge in [0.1, 0.15) is 6.61 Å². The second-order valence-corrected chi connectivity index (χ2v) is 7.41. The average Bonchev–Trinajstić information content (AvgIpc) is 2.67. The van der Waals surface area contributed by atoms with Gasteiger partial charge in [-0.15, -0.1) is 0 Å². The Kier molecular flexibility index (Phi) is 10.2. The van der Waals surface area contributed by atoms with E-state index in [0.717, 1.165) is 36.2 Å². The Balaban J connectivity index is 1.37. The Morgan fingerprint density at radius 1 is 0.880 bits per heavy atom. The highest BCUT2D eigenvalue weighted by Crippen LogP contribution is 2.10. The van der Waals surface area contributed by atoms with E-state index < -0.39 is 0 Å². The van der Waals surface area contributed by atoms with Gasteiger partial charge in [0.05, 0.1) is 18.8 Å². The molecule has 2 radical (unpaired) electrons. The molecular weight excluding hydrogens is 352 g/mol. The number of rotatable bonds is 12. The van der Waals surface area contributed by atoms with Gasteiger partial charge >= 0.3 is 5.97 Å². The minimum Gasteiger partial charge on any atom is -0.461 e. The average molecular weight is 375 g/mol. The highest BCUT2D eigenvalue weighted by molar-refractivity contribution is 7.99. The number of carbonyl (C=O) groups excluding carboxylic acids is 1. The maximum atomic E-state index is 11.7. The topological polar surface area (TPSA) is 35.5 Å². The smallest absolute Gasteiger partial charge is 0.338 e. The van der Waals surface area contributed by atoms with Crippen LogP contribution in [-0.2, 0) is 15.2 Å². The SMILES string of the molecule is O=C(OCCSCCOCCSCc1[c]cccc1)c1[c]cccc1. The van der Waals surface area contributed by atoms with Crippen molar-refractivity contribution in [3.63, 3.8) is 0 Å². The predicted octanol–water partition coefficient (Wildman–Crippen LogP) is 4.13. The molecule has 2 aromatic carbocycles. The van der Waals surface area contributed by atoms with Gasteiger partial charge in [-0.2, -0.15) is 23.5 Å². The van der Waals surface area contributed by atoms with Gasteiger partial charge in [0, 0.05) is 23.0 Å². The number of ether oxygens (including phenoxy) is 2. The summed E-state index contributed by atoms with van der Waals surface area (Å²) in [6.07, 6.45) is 0. The zero-order chi connectivity index (χ0) is 17.6. The second-order valence-electron chi connectivity index (χ2n) is 5.08. The molecule has 0 aliphatic carbocycles. The van der Waals surface area contributed by atoms with Crippen LogP contribution in [0.2, 0.25) is 0 Å². The zero-order valence-electron chi connectivity index (χ0n) is 14.1. The van der Waals surface area contributed by atoms with Crippen LogP contribution >= 0.6 is 23.5 Å². The molecule has 0 unspecified atom stereocenters. The lowest BCUT2D eigenvalue weighted by atomic mass is 10.2. The van der Waals surface area contributed by atoms with Gasteiger partial charge in [0.25, 0.3) is 0 Å². The van der Waals surface area contributed by atoms with Crippen molar-refractivity contribution in [3.8, 4) is 0 Å². The molecule has 0 aromatic heterocycles. The third-order valence-electron chi connectivity index (χ3n) is 3.16.